The summed E-state index contributed by atoms with van der Waals surface area (Å²) >= 11 is 0. The number of carbonyl (C=O) groups is 1. The molecule has 1 aromatic heterocycles. The van der Waals surface area contributed by atoms with E-state index in [-0.39, 0.29) is 18.2 Å². The van der Waals surface area contributed by atoms with Gasteiger partial charge in [-0.1, -0.05) is 6.07 Å². The average molecular weight is 276 g/mol. The zero-order valence-electron chi connectivity index (χ0n) is 10.8. The van der Waals surface area contributed by atoms with Gasteiger partial charge >= 0.3 is 0 Å². The number of H-pyrrole nitrogens is 1. The van der Waals surface area contributed by atoms with Crippen molar-refractivity contribution in [3.8, 4) is 5.75 Å². The molecule has 0 saturated heterocycles. The lowest BCUT2D eigenvalue weighted by Gasteiger charge is -2.02. The van der Waals surface area contributed by atoms with Crippen LogP contribution >= 0.6 is 0 Å². The molecule has 0 fully saturated rings. The zero-order chi connectivity index (χ0) is 14.4. The van der Waals surface area contributed by atoms with Crippen LogP contribution in [-0.2, 0) is 11.3 Å². The number of halogens is 1. The number of nitrogens with zero attached hydrogens (tertiary/aromatic N) is 2. The summed E-state index contributed by atoms with van der Waals surface area (Å²) in [7, 11) is 1.39. The Morgan fingerprint density at radius 1 is 1.55 bits per heavy atom. The van der Waals surface area contributed by atoms with Gasteiger partial charge in [-0.3, -0.25) is 9.89 Å². The topological polar surface area (TPSA) is 79.9 Å². The lowest BCUT2D eigenvalue weighted by Crippen LogP contribution is -2.20. The molecule has 20 heavy (non-hydrogen) atoms. The van der Waals surface area contributed by atoms with Gasteiger partial charge in [-0.05, 0) is 23.8 Å². The van der Waals surface area contributed by atoms with E-state index >= 15 is 0 Å². The van der Waals surface area contributed by atoms with Crippen molar-refractivity contribution >= 4 is 12.0 Å². The van der Waals surface area contributed by atoms with Gasteiger partial charge in [0.05, 0.1) is 13.7 Å². The Morgan fingerprint density at radius 2 is 2.40 bits per heavy atom. The normalized spacial score (nSPS) is 10.7. The maximum absolute atomic E-state index is 13.4. The number of benzene rings is 1. The van der Waals surface area contributed by atoms with Crippen LogP contribution in [0.5, 0.6) is 5.75 Å². The van der Waals surface area contributed by atoms with Crippen molar-refractivity contribution < 1.29 is 13.9 Å². The maximum Gasteiger partial charge on any atom is 0.244 e. The van der Waals surface area contributed by atoms with Crippen LogP contribution in [0.4, 0.5) is 4.39 Å². The number of carbonyl (C=O) groups excluding carboxylic acids is 1. The summed E-state index contributed by atoms with van der Waals surface area (Å²) in [4.78, 5) is 15.4. The van der Waals surface area contributed by atoms with Crippen LogP contribution in [0.3, 0.4) is 0 Å². The Balaban J connectivity index is 1.91. The molecule has 7 heteroatoms. The SMILES string of the molecule is COc1ccc(/C=C/C(=O)NCc2ncn[nH]2)cc1F. The molecule has 104 valence electrons. The number of ether oxygens (including phenoxy) is 1. The number of nitrogens with one attached hydrogen (secondary N) is 2. The van der Waals surface area contributed by atoms with Gasteiger partial charge in [0.15, 0.2) is 11.6 Å². The Bertz CT molecular complexity index is 611. The van der Waals surface area contributed by atoms with Gasteiger partial charge in [-0.2, -0.15) is 5.10 Å². The van der Waals surface area contributed by atoms with Crippen molar-refractivity contribution in [2.75, 3.05) is 7.11 Å². The van der Waals surface area contributed by atoms with Crippen molar-refractivity contribution in [2.24, 2.45) is 0 Å². The molecule has 0 radical (unpaired) electrons. The van der Waals surface area contributed by atoms with E-state index in [0.29, 0.717) is 11.4 Å². The van der Waals surface area contributed by atoms with Crippen LogP contribution in [0.25, 0.3) is 6.08 Å². The van der Waals surface area contributed by atoms with E-state index in [0.717, 1.165) is 0 Å². The first kappa shape index (κ1) is 13.7. The number of rotatable bonds is 5. The van der Waals surface area contributed by atoms with Crippen LogP contribution in [0.15, 0.2) is 30.6 Å². The molecule has 1 heterocycles. The lowest BCUT2D eigenvalue weighted by atomic mass is 10.2. The molecule has 0 aliphatic heterocycles. The smallest absolute Gasteiger partial charge is 0.244 e. The summed E-state index contributed by atoms with van der Waals surface area (Å²) in [5.74, 6) is -0.0616. The Hall–Kier alpha value is -2.70. The predicted molar refractivity (Wildman–Crippen MR) is 70.2 cm³/mol. The van der Waals surface area contributed by atoms with Gasteiger partial charge < -0.3 is 10.1 Å². The van der Waals surface area contributed by atoms with Crippen LogP contribution in [0.2, 0.25) is 0 Å². The standard InChI is InChI=1S/C13H13FN4O2/c1-20-11-4-2-9(6-10(11)14)3-5-13(19)15-7-12-16-8-17-18-12/h2-6,8H,7H2,1H3,(H,15,19)(H,16,17,18)/b5-3+. The number of amides is 1. The molecular formula is C13H13FN4O2. The molecule has 0 bridgehead atoms. The summed E-state index contributed by atoms with van der Waals surface area (Å²) in [5.41, 5.74) is 0.568. The van der Waals surface area contributed by atoms with E-state index in [2.05, 4.69) is 20.5 Å². The molecule has 0 spiro atoms. The number of hydrogen-bond acceptors (Lipinski definition) is 4. The summed E-state index contributed by atoms with van der Waals surface area (Å²) in [6, 6.07) is 4.45. The monoisotopic (exact) mass is 276 g/mol. The van der Waals surface area contributed by atoms with Gasteiger partial charge in [0, 0.05) is 6.08 Å². The molecule has 2 aromatic rings. The van der Waals surface area contributed by atoms with Crippen molar-refractivity contribution in [1.82, 2.24) is 20.5 Å². The van der Waals surface area contributed by atoms with E-state index in [9.17, 15) is 9.18 Å². The van der Waals surface area contributed by atoms with Crippen LogP contribution in [0.1, 0.15) is 11.4 Å². The first-order valence-corrected chi connectivity index (χ1v) is 5.82. The minimum Gasteiger partial charge on any atom is -0.494 e. The predicted octanol–water partition coefficient (Wildman–Crippen LogP) is 1.28. The molecule has 6 nitrogen and oxygen atoms in total. The second-order valence-electron chi connectivity index (χ2n) is 3.88. The van der Waals surface area contributed by atoms with Crippen molar-refractivity contribution in [2.45, 2.75) is 6.54 Å². The fourth-order valence-electron chi connectivity index (χ4n) is 1.50. The first-order valence-electron chi connectivity index (χ1n) is 5.82. The highest BCUT2D eigenvalue weighted by molar-refractivity contribution is 5.91. The van der Waals surface area contributed by atoms with Crippen LogP contribution in [-0.4, -0.2) is 28.2 Å². The van der Waals surface area contributed by atoms with Gasteiger partial charge in [0.2, 0.25) is 5.91 Å². The Kier molecular flexibility index (Phi) is 4.43. The maximum atomic E-state index is 13.4. The fourth-order valence-corrected chi connectivity index (χ4v) is 1.50. The van der Waals surface area contributed by atoms with Gasteiger partial charge in [-0.15, -0.1) is 0 Å². The number of aromatic nitrogens is 3. The molecule has 2 rings (SSSR count). The quantitative estimate of drug-likeness (QED) is 0.806. The molecule has 0 saturated carbocycles. The minimum atomic E-state index is -0.475. The molecule has 0 unspecified atom stereocenters. The third-order valence-corrected chi connectivity index (χ3v) is 2.50. The third kappa shape index (κ3) is 3.64. The summed E-state index contributed by atoms with van der Waals surface area (Å²) in [6.45, 7) is 0.250. The van der Waals surface area contributed by atoms with Crippen molar-refractivity contribution in [1.29, 1.82) is 0 Å². The van der Waals surface area contributed by atoms with Crippen molar-refractivity contribution in [3.05, 3.63) is 47.8 Å². The summed E-state index contributed by atoms with van der Waals surface area (Å²) < 4.78 is 18.2. The van der Waals surface area contributed by atoms with Gasteiger partial charge in [0.25, 0.3) is 0 Å². The fraction of sp³-hybridized carbons (Fsp3) is 0.154. The number of methoxy groups -OCH3 is 1. The molecular weight excluding hydrogens is 263 g/mol. The van der Waals surface area contributed by atoms with Gasteiger partial charge in [0.1, 0.15) is 12.2 Å². The minimum absolute atomic E-state index is 0.164. The van der Waals surface area contributed by atoms with Crippen LogP contribution in [0, 0.1) is 5.82 Å². The van der Waals surface area contributed by atoms with E-state index in [1.165, 1.54) is 37.7 Å². The van der Waals surface area contributed by atoms with E-state index in [4.69, 9.17) is 4.74 Å². The first-order chi connectivity index (χ1) is 9.69. The largest absolute Gasteiger partial charge is 0.494 e. The third-order valence-electron chi connectivity index (χ3n) is 2.50. The molecule has 1 aromatic carbocycles. The average Bonchev–Trinajstić information content (AvgIpc) is 2.96. The Labute approximate surface area is 114 Å². The molecule has 2 N–H and O–H groups in total. The van der Waals surface area contributed by atoms with E-state index in [1.54, 1.807) is 6.07 Å². The number of aromatic amines is 1. The summed E-state index contributed by atoms with van der Waals surface area (Å²) in [6.07, 6.45) is 4.19. The van der Waals surface area contributed by atoms with Crippen molar-refractivity contribution in [3.63, 3.8) is 0 Å². The van der Waals surface area contributed by atoms with E-state index < -0.39 is 5.82 Å². The molecule has 0 atom stereocenters. The molecule has 0 aliphatic carbocycles. The van der Waals surface area contributed by atoms with Crippen LogP contribution < -0.4 is 10.1 Å². The lowest BCUT2D eigenvalue weighted by molar-refractivity contribution is -0.116. The second-order valence-corrected chi connectivity index (χ2v) is 3.88. The molecule has 0 aliphatic rings. The highest BCUT2D eigenvalue weighted by Crippen LogP contribution is 2.18. The highest BCUT2D eigenvalue weighted by atomic mass is 19.1. The number of hydrogen-bond donors (Lipinski definition) is 2. The summed E-state index contributed by atoms with van der Waals surface area (Å²) in [5, 5.41) is 8.90. The highest BCUT2D eigenvalue weighted by Gasteiger charge is 2.02. The molecule has 1 amide bonds. The van der Waals surface area contributed by atoms with E-state index in [1.807, 2.05) is 0 Å². The van der Waals surface area contributed by atoms with Gasteiger partial charge in [-0.25, -0.2) is 9.37 Å². The zero-order valence-corrected chi connectivity index (χ0v) is 10.8. The second kappa shape index (κ2) is 6.46. The Morgan fingerprint density at radius 3 is 3.05 bits per heavy atom.